The Kier molecular flexibility index (Phi) is 6.42. The first-order chi connectivity index (χ1) is 8.69. The van der Waals surface area contributed by atoms with Crippen molar-refractivity contribution in [1.29, 1.82) is 5.26 Å². The maximum atomic E-state index is 8.87. The van der Waals surface area contributed by atoms with E-state index in [2.05, 4.69) is 42.8 Å². The van der Waals surface area contributed by atoms with Gasteiger partial charge in [-0.15, -0.1) is 0 Å². The first-order valence-corrected chi connectivity index (χ1v) is 6.59. The molecule has 0 fully saturated rings. The van der Waals surface area contributed by atoms with E-state index in [9.17, 15) is 0 Å². The summed E-state index contributed by atoms with van der Waals surface area (Å²) in [4.78, 5) is 4.72. The zero-order chi connectivity index (χ0) is 13.4. The van der Waals surface area contributed by atoms with Crippen molar-refractivity contribution in [3.8, 4) is 6.07 Å². The molecule has 0 aliphatic carbocycles. The van der Waals surface area contributed by atoms with E-state index in [4.69, 9.17) is 5.26 Å². The second kappa shape index (κ2) is 7.86. The highest BCUT2D eigenvalue weighted by molar-refractivity contribution is 5.32. The largest absolute Gasteiger partial charge is 0.303 e. The van der Waals surface area contributed by atoms with E-state index < -0.39 is 0 Å². The highest BCUT2D eigenvalue weighted by Gasteiger charge is 2.04. The normalized spacial score (nSPS) is 10.9. The Hall–Kier alpha value is -1.37. The lowest BCUT2D eigenvalue weighted by Crippen LogP contribution is -2.32. The van der Waals surface area contributed by atoms with Crippen LogP contribution in [0.1, 0.15) is 25.0 Å². The summed E-state index contributed by atoms with van der Waals surface area (Å²) in [5.74, 6) is 0. The van der Waals surface area contributed by atoms with Gasteiger partial charge in [0.05, 0.1) is 11.6 Å². The van der Waals surface area contributed by atoms with Crippen molar-refractivity contribution >= 4 is 0 Å². The SMILES string of the molecule is CCN(CC)CCN(C)Cc1cccc(C#N)c1. The van der Waals surface area contributed by atoms with Crippen LogP contribution in [-0.4, -0.2) is 43.0 Å². The summed E-state index contributed by atoms with van der Waals surface area (Å²) in [5.41, 5.74) is 1.95. The minimum absolute atomic E-state index is 0.740. The molecule has 0 amide bonds. The summed E-state index contributed by atoms with van der Waals surface area (Å²) < 4.78 is 0. The Morgan fingerprint density at radius 1 is 1.17 bits per heavy atom. The summed E-state index contributed by atoms with van der Waals surface area (Å²) in [7, 11) is 2.13. The lowest BCUT2D eigenvalue weighted by atomic mass is 10.1. The summed E-state index contributed by atoms with van der Waals surface area (Å²) >= 11 is 0. The molecule has 98 valence electrons. The van der Waals surface area contributed by atoms with E-state index in [0.717, 1.165) is 38.3 Å². The number of nitriles is 1. The molecule has 0 spiro atoms. The third kappa shape index (κ3) is 4.87. The highest BCUT2D eigenvalue weighted by atomic mass is 15.2. The molecule has 0 atom stereocenters. The predicted octanol–water partition coefficient (Wildman–Crippen LogP) is 2.33. The summed E-state index contributed by atoms with van der Waals surface area (Å²) in [5, 5.41) is 8.87. The number of benzene rings is 1. The van der Waals surface area contributed by atoms with Crippen LogP contribution in [0.15, 0.2) is 24.3 Å². The lowest BCUT2D eigenvalue weighted by molar-refractivity contribution is 0.236. The number of rotatable bonds is 7. The van der Waals surface area contributed by atoms with Gasteiger partial charge in [-0.3, -0.25) is 0 Å². The standard InChI is InChI=1S/C15H23N3/c1-4-18(5-2)10-9-17(3)13-15-8-6-7-14(11-15)12-16/h6-8,11H,4-5,9-10,13H2,1-3H3. The second-order valence-electron chi connectivity index (χ2n) is 4.58. The third-order valence-electron chi connectivity index (χ3n) is 3.20. The quantitative estimate of drug-likeness (QED) is 0.738. The molecule has 0 heterocycles. The van der Waals surface area contributed by atoms with E-state index >= 15 is 0 Å². The Morgan fingerprint density at radius 2 is 1.89 bits per heavy atom. The molecule has 0 aliphatic heterocycles. The van der Waals surface area contributed by atoms with Crippen molar-refractivity contribution in [2.45, 2.75) is 20.4 Å². The van der Waals surface area contributed by atoms with Gasteiger partial charge in [0, 0.05) is 19.6 Å². The average molecular weight is 245 g/mol. The van der Waals surface area contributed by atoms with Crippen molar-refractivity contribution in [2.75, 3.05) is 33.2 Å². The van der Waals surface area contributed by atoms with Crippen molar-refractivity contribution in [3.63, 3.8) is 0 Å². The summed E-state index contributed by atoms with van der Waals surface area (Å²) in [6.07, 6.45) is 0. The average Bonchev–Trinajstić information content (AvgIpc) is 2.40. The Morgan fingerprint density at radius 3 is 2.50 bits per heavy atom. The molecule has 1 aromatic carbocycles. The van der Waals surface area contributed by atoms with Gasteiger partial charge < -0.3 is 9.80 Å². The van der Waals surface area contributed by atoms with Gasteiger partial charge in [0.1, 0.15) is 0 Å². The Labute approximate surface area is 111 Å². The molecule has 0 N–H and O–H groups in total. The molecule has 0 aromatic heterocycles. The molecule has 0 saturated heterocycles. The van der Waals surface area contributed by atoms with E-state index in [1.165, 1.54) is 5.56 Å². The smallest absolute Gasteiger partial charge is 0.0991 e. The van der Waals surface area contributed by atoms with Gasteiger partial charge in [0.25, 0.3) is 0 Å². The van der Waals surface area contributed by atoms with Gasteiger partial charge in [-0.1, -0.05) is 26.0 Å². The minimum Gasteiger partial charge on any atom is -0.303 e. The van der Waals surface area contributed by atoms with Crippen LogP contribution in [0.4, 0.5) is 0 Å². The second-order valence-corrected chi connectivity index (χ2v) is 4.58. The fourth-order valence-electron chi connectivity index (χ4n) is 1.98. The molecule has 0 saturated carbocycles. The molecule has 0 radical (unpaired) electrons. The maximum Gasteiger partial charge on any atom is 0.0991 e. The molecule has 3 heteroatoms. The van der Waals surface area contributed by atoms with Crippen LogP contribution in [-0.2, 0) is 6.54 Å². The highest BCUT2D eigenvalue weighted by Crippen LogP contribution is 2.06. The maximum absolute atomic E-state index is 8.87. The van der Waals surface area contributed by atoms with Gasteiger partial charge in [0.2, 0.25) is 0 Å². The third-order valence-corrected chi connectivity index (χ3v) is 3.20. The van der Waals surface area contributed by atoms with Gasteiger partial charge in [-0.05, 0) is 37.8 Å². The molecule has 0 bridgehead atoms. The fourth-order valence-corrected chi connectivity index (χ4v) is 1.98. The van der Waals surface area contributed by atoms with Crippen molar-refractivity contribution in [1.82, 2.24) is 9.80 Å². The van der Waals surface area contributed by atoms with Gasteiger partial charge >= 0.3 is 0 Å². The van der Waals surface area contributed by atoms with Gasteiger partial charge in [-0.25, -0.2) is 0 Å². The molecule has 1 rings (SSSR count). The molecule has 0 aliphatic rings. The molecule has 18 heavy (non-hydrogen) atoms. The summed E-state index contributed by atoms with van der Waals surface area (Å²) in [6, 6.07) is 10.0. The number of hydrogen-bond acceptors (Lipinski definition) is 3. The Bertz CT molecular complexity index is 391. The molecule has 0 unspecified atom stereocenters. The zero-order valence-electron chi connectivity index (χ0n) is 11.7. The monoisotopic (exact) mass is 245 g/mol. The van der Waals surface area contributed by atoms with E-state index in [1.54, 1.807) is 0 Å². The molecular formula is C15H23N3. The van der Waals surface area contributed by atoms with Gasteiger partial charge in [0.15, 0.2) is 0 Å². The molecular weight excluding hydrogens is 222 g/mol. The van der Waals surface area contributed by atoms with Crippen molar-refractivity contribution in [2.24, 2.45) is 0 Å². The van der Waals surface area contributed by atoms with Crippen LogP contribution in [0.5, 0.6) is 0 Å². The first kappa shape index (κ1) is 14.7. The van der Waals surface area contributed by atoms with Crippen LogP contribution in [0, 0.1) is 11.3 Å². The lowest BCUT2D eigenvalue weighted by Gasteiger charge is -2.23. The van der Waals surface area contributed by atoms with Crippen molar-refractivity contribution in [3.05, 3.63) is 35.4 Å². The van der Waals surface area contributed by atoms with Crippen LogP contribution in [0.2, 0.25) is 0 Å². The Balaban J connectivity index is 2.44. The minimum atomic E-state index is 0.740. The zero-order valence-corrected chi connectivity index (χ0v) is 11.7. The van der Waals surface area contributed by atoms with Gasteiger partial charge in [-0.2, -0.15) is 5.26 Å². The van der Waals surface area contributed by atoms with Crippen LogP contribution in [0.3, 0.4) is 0 Å². The number of hydrogen-bond donors (Lipinski definition) is 0. The number of likely N-dealkylation sites (N-methyl/N-ethyl adjacent to an activating group) is 2. The van der Waals surface area contributed by atoms with E-state index in [-0.39, 0.29) is 0 Å². The van der Waals surface area contributed by atoms with Crippen LogP contribution < -0.4 is 0 Å². The predicted molar refractivity (Wildman–Crippen MR) is 75.3 cm³/mol. The van der Waals surface area contributed by atoms with Crippen LogP contribution >= 0.6 is 0 Å². The van der Waals surface area contributed by atoms with Crippen molar-refractivity contribution < 1.29 is 0 Å². The molecule has 1 aromatic rings. The summed E-state index contributed by atoms with van der Waals surface area (Å²) in [6.45, 7) is 9.65. The van der Waals surface area contributed by atoms with Crippen LogP contribution in [0.25, 0.3) is 0 Å². The fraction of sp³-hybridized carbons (Fsp3) is 0.533. The molecule has 3 nitrogen and oxygen atoms in total. The number of nitrogens with zero attached hydrogens (tertiary/aromatic N) is 3. The van der Waals surface area contributed by atoms with E-state index in [1.807, 2.05) is 18.2 Å². The van der Waals surface area contributed by atoms with E-state index in [0.29, 0.717) is 0 Å². The topological polar surface area (TPSA) is 30.3 Å². The first-order valence-electron chi connectivity index (χ1n) is 6.59.